The molecule has 0 spiro atoms. The second-order valence-electron chi connectivity index (χ2n) is 2.70. The van der Waals surface area contributed by atoms with Crippen LogP contribution in [0, 0.1) is 0 Å². The predicted octanol–water partition coefficient (Wildman–Crippen LogP) is -2.84. The van der Waals surface area contributed by atoms with Crippen LogP contribution in [0.25, 0.3) is 0 Å². The molecule has 0 saturated heterocycles. The summed E-state index contributed by atoms with van der Waals surface area (Å²) < 4.78 is 177. The standard InChI is InChI=1S/3CHF3O3S.I/c3*2-1(3,4)8(5,6)7;/h3*(H,5,6,7);/q;;;+3/p-3. The fourth-order valence-electron chi connectivity index (χ4n) is 0. The summed E-state index contributed by atoms with van der Waals surface area (Å²) in [4.78, 5) is 0. The Kier molecular flexibility index (Phi) is 12.6. The first kappa shape index (κ1) is 32.5. The third-order valence-electron chi connectivity index (χ3n) is 0.850. The van der Waals surface area contributed by atoms with Crippen LogP contribution in [0.3, 0.4) is 0 Å². The summed E-state index contributed by atoms with van der Waals surface area (Å²) in [5, 5.41) is 0. The Balaban J connectivity index is -0.000000130. The lowest BCUT2D eigenvalue weighted by Gasteiger charge is -2.08. The Morgan fingerprint density at radius 2 is 0.480 bits per heavy atom. The predicted molar refractivity (Wildman–Crippen MR) is 47.3 cm³/mol. The molecule has 0 bridgehead atoms. The van der Waals surface area contributed by atoms with Crippen LogP contribution in [-0.2, 0) is 30.4 Å². The molecule has 9 nitrogen and oxygen atoms in total. The van der Waals surface area contributed by atoms with Crippen molar-refractivity contribution in [2.24, 2.45) is 0 Å². The highest BCUT2D eigenvalue weighted by molar-refractivity contribution is 7.87. The van der Waals surface area contributed by atoms with Crippen molar-refractivity contribution >= 4 is 30.4 Å². The largest absolute Gasteiger partial charge is 3.00 e. The van der Waals surface area contributed by atoms with Crippen molar-refractivity contribution in [3.8, 4) is 0 Å². The van der Waals surface area contributed by atoms with Crippen LogP contribution < -0.4 is 24.0 Å². The van der Waals surface area contributed by atoms with Crippen molar-refractivity contribution in [2.75, 3.05) is 0 Å². The SMILES string of the molecule is O=S(=O)([O-])C(F)(F)F.O=S(=O)([O-])C(F)(F)F.O=S(=O)([O-])C(F)(F)F.[I+3]. The number of halogens is 10. The van der Waals surface area contributed by atoms with Gasteiger partial charge in [0.15, 0.2) is 30.4 Å². The van der Waals surface area contributed by atoms with Crippen molar-refractivity contribution in [1.82, 2.24) is 0 Å². The van der Waals surface area contributed by atoms with Gasteiger partial charge in [-0.1, -0.05) is 0 Å². The van der Waals surface area contributed by atoms with Gasteiger partial charge in [0.25, 0.3) is 0 Å². The minimum atomic E-state index is -6.09. The smallest absolute Gasteiger partial charge is 0.741 e. The summed E-state index contributed by atoms with van der Waals surface area (Å²) in [5.41, 5.74) is -16.9. The highest BCUT2D eigenvalue weighted by atomic mass is 127. The van der Waals surface area contributed by atoms with Gasteiger partial charge in [0, 0.05) is 0 Å². The first-order valence-electron chi connectivity index (χ1n) is 3.81. The molecular weight excluding hydrogens is 574 g/mol. The second-order valence-corrected chi connectivity index (χ2v) is 6.81. The van der Waals surface area contributed by atoms with Crippen LogP contribution in [0.2, 0.25) is 0 Å². The van der Waals surface area contributed by atoms with E-state index in [0.29, 0.717) is 0 Å². The van der Waals surface area contributed by atoms with E-state index in [1.807, 2.05) is 0 Å². The van der Waals surface area contributed by atoms with Crippen molar-refractivity contribution in [1.29, 1.82) is 0 Å². The van der Waals surface area contributed by atoms with Gasteiger partial charge >= 0.3 is 40.5 Å². The van der Waals surface area contributed by atoms with Crippen molar-refractivity contribution in [2.45, 2.75) is 16.5 Å². The molecule has 0 aliphatic rings. The zero-order valence-electron chi connectivity index (χ0n) is 10.2. The maximum absolute atomic E-state index is 10.7. The highest BCUT2D eigenvalue weighted by Crippen LogP contribution is 2.21. The fraction of sp³-hybridized carbons (Fsp3) is 1.00. The molecule has 0 amide bonds. The van der Waals surface area contributed by atoms with E-state index in [0.717, 1.165) is 0 Å². The van der Waals surface area contributed by atoms with Gasteiger partial charge in [-0.05, 0) is 0 Å². The third-order valence-corrected chi connectivity index (χ3v) is 2.55. The van der Waals surface area contributed by atoms with E-state index >= 15 is 0 Å². The van der Waals surface area contributed by atoms with Crippen LogP contribution in [0.5, 0.6) is 0 Å². The molecule has 0 fully saturated rings. The summed E-state index contributed by atoms with van der Waals surface area (Å²) in [5.74, 6) is 0. The fourth-order valence-corrected chi connectivity index (χ4v) is 0. The lowest BCUT2D eigenvalue weighted by molar-refractivity contribution is -0.0522. The molecule has 0 saturated carbocycles. The van der Waals surface area contributed by atoms with Crippen molar-refractivity contribution < 1.29 is 102 Å². The van der Waals surface area contributed by atoms with Crippen LogP contribution in [0.4, 0.5) is 39.5 Å². The van der Waals surface area contributed by atoms with Crippen molar-refractivity contribution in [3.05, 3.63) is 0 Å². The van der Waals surface area contributed by atoms with E-state index in [4.69, 9.17) is 38.9 Å². The maximum atomic E-state index is 10.7. The van der Waals surface area contributed by atoms with E-state index in [2.05, 4.69) is 0 Å². The molecule has 0 aliphatic carbocycles. The molecule has 0 heterocycles. The Morgan fingerprint density at radius 1 is 0.440 bits per heavy atom. The monoisotopic (exact) mass is 574 g/mol. The molecular formula is C3F9IO9S3. The van der Waals surface area contributed by atoms with Gasteiger partial charge < -0.3 is 13.7 Å². The Hall–Kier alpha value is -0.170. The number of rotatable bonds is 0. The molecule has 22 heteroatoms. The minimum absolute atomic E-state index is 0. The normalized spacial score (nSPS) is 13.4. The average molecular weight is 574 g/mol. The average Bonchev–Trinajstić information content (AvgIpc) is 2.08. The lowest BCUT2D eigenvalue weighted by atomic mass is 11.6. The zero-order valence-corrected chi connectivity index (χ0v) is 14.8. The minimum Gasteiger partial charge on any atom is -0.741 e. The van der Waals surface area contributed by atoms with Gasteiger partial charge in [-0.25, -0.2) is 25.3 Å². The molecule has 0 atom stereocenters. The molecule has 0 rings (SSSR count). The van der Waals surface area contributed by atoms with Gasteiger partial charge in [-0.15, -0.1) is 0 Å². The van der Waals surface area contributed by atoms with Gasteiger partial charge in [0.05, 0.1) is 0 Å². The van der Waals surface area contributed by atoms with E-state index in [9.17, 15) is 39.5 Å². The van der Waals surface area contributed by atoms with Crippen LogP contribution in [0.1, 0.15) is 0 Å². The Morgan fingerprint density at radius 3 is 0.480 bits per heavy atom. The third kappa shape index (κ3) is 15.8. The van der Waals surface area contributed by atoms with Crippen molar-refractivity contribution in [3.63, 3.8) is 0 Å². The first-order chi connectivity index (χ1) is 9.75. The summed E-state index contributed by atoms with van der Waals surface area (Å²) >= 11 is 0. The highest BCUT2D eigenvalue weighted by Gasteiger charge is 3.00. The molecule has 154 valence electrons. The molecule has 0 N–H and O–H groups in total. The molecule has 0 unspecified atom stereocenters. The summed E-state index contributed by atoms with van der Waals surface area (Å²) in [6, 6.07) is 0. The molecule has 25 heavy (non-hydrogen) atoms. The van der Waals surface area contributed by atoms with Gasteiger partial charge in [-0.2, -0.15) is 39.5 Å². The Labute approximate surface area is 149 Å². The second kappa shape index (κ2) is 9.67. The van der Waals surface area contributed by atoms with Gasteiger partial charge in [-0.3, -0.25) is 0 Å². The van der Waals surface area contributed by atoms with E-state index < -0.39 is 46.9 Å². The molecule has 0 aliphatic heterocycles. The van der Waals surface area contributed by atoms with E-state index in [1.165, 1.54) is 0 Å². The van der Waals surface area contributed by atoms with Gasteiger partial charge in [0.2, 0.25) is 0 Å². The zero-order chi connectivity index (χ0) is 21.0. The Bertz CT molecular complexity index is 596. The lowest BCUT2D eigenvalue weighted by Crippen LogP contribution is -3.00. The van der Waals surface area contributed by atoms with E-state index in [1.54, 1.807) is 0 Å². The quantitative estimate of drug-likeness (QED) is 0.128. The van der Waals surface area contributed by atoms with Crippen LogP contribution in [0.15, 0.2) is 0 Å². The molecule has 0 aromatic carbocycles. The van der Waals surface area contributed by atoms with Crippen LogP contribution >= 0.6 is 0 Å². The molecule has 0 aromatic heterocycles. The van der Waals surface area contributed by atoms with Crippen LogP contribution in [-0.4, -0.2) is 55.4 Å². The van der Waals surface area contributed by atoms with Gasteiger partial charge in [0.1, 0.15) is 0 Å². The first-order valence-corrected chi connectivity index (χ1v) is 8.04. The molecule has 4 radical (unpaired) electrons. The summed E-state index contributed by atoms with van der Waals surface area (Å²) in [7, 11) is -18.3. The van der Waals surface area contributed by atoms with E-state index in [-0.39, 0.29) is 24.0 Å². The number of alkyl halides is 9. The topological polar surface area (TPSA) is 172 Å². The number of hydrogen-bond donors (Lipinski definition) is 0. The number of hydrogen-bond acceptors (Lipinski definition) is 9. The maximum Gasteiger partial charge on any atom is 3.00 e. The summed E-state index contributed by atoms with van der Waals surface area (Å²) in [6.45, 7) is 0. The summed E-state index contributed by atoms with van der Waals surface area (Å²) in [6.07, 6.45) is 0. The molecule has 0 aromatic rings.